The van der Waals surface area contributed by atoms with Crippen LogP contribution in [0.4, 0.5) is 0 Å². The number of aromatic amines is 1. The molecule has 1 aromatic carbocycles. The number of hydrogen-bond donors (Lipinski definition) is 5. The molecule has 0 radical (unpaired) electrons. The van der Waals surface area contributed by atoms with Gasteiger partial charge in [-0.15, -0.1) is 0 Å². The van der Waals surface area contributed by atoms with Crippen LogP contribution in [0.2, 0.25) is 0 Å². The molecule has 5 N–H and O–H groups in total. The molecule has 1 aliphatic rings. The van der Waals surface area contributed by atoms with E-state index in [9.17, 15) is 24.4 Å². The lowest BCUT2D eigenvalue weighted by molar-refractivity contribution is -0.0285. The Hall–Kier alpha value is -2.33. The molecule has 2 heterocycles. The standard InChI is InChI=1S/C16H17N2O8P/c19-12-8-10(9-4-2-1-3-5-9)18(16(22)17-12)15-14(21)13(20)11(26-15)6-7-27(23,24)25/h1-8,11,13-15,20-21H,(H,17,19,22)(H2,23,24,25)/b7-6+/t11-,13-,14-,15-/m1/s1. The predicted octanol–water partition coefficient (Wildman–Crippen LogP) is -0.486. The van der Waals surface area contributed by atoms with Crippen LogP contribution in [0.15, 0.2) is 57.9 Å². The van der Waals surface area contributed by atoms with Crippen LogP contribution in [0, 0.1) is 0 Å². The molecule has 144 valence electrons. The maximum atomic E-state index is 12.4. The molecule has 0 unspecified atom stereocenters. The second kappa shape index (κ2) is 7.35. The van der Waals surface area contributed by atoms with Crippen LogP contribution in [-0.2, 0) is 9.30 Å². The number of ether oxygens (including phenoxy) is 1. The SMILES string of the molecule is O=c1cc(-c2ccccc2)n([C@@H]2O[C@H](/C=C/P(=O)(O)O)[C@@H](O)[C@H]2O)c(=O)[nH]1. The topological polar surface area (TPSA) is 162 Å². The van der Waals surface area contributed by atoms with Gasteiger partial charge in [0, 0.05) is 11.9 Å². The Morgan fingerprint density at radius 2 is 1.78 bits per heavy atom. The molecule has 4 atom stereocenters. The van der Waals surface area contributed by atoms with E-state index < -0.39 is 43.4 Å². The Morgan fingerprint density at radius 3 is 2.41 bits per heavy atom. The van der Waals surface area contributed by atoms with Crippen LogP contribution in [0.5, 0.6) is 0 Å². The van der Waals surface area contributed by atoms with E-state index in [2.05, 4.69) is 4.98 Å². The van der Waals surface area contributed by atoms with Gasteiger partial charge in [-0.1, -0.05) is 30.3 Å². The maximum Gasteiger partial charge on any atom is 0.348 e. The Labute approximate surface area is 152 Å². The molecular weight excluding hydrogens is 379 g/mol. The van der Waals surface area contributed by atoms with Crippen LogP contribution in [0.3, 0.4) is 0 Å². The summed E-state index contributed by atoms with van der Waals surface area (Å²) < 4.78 is 17.4. The van der Waals surface area contributed by atoms with E-state index >= 15 is 0 Å². The van der Waals surface area contributed by atoms with Crippen molar-refractivity contribution in [2.75, 3.05) is 0 Å². The lowest BCUT2D eigenvalue weighted by atomic mass is 10.1. The molecule has 1 fully saturated rings. The van der Waals surface area contributed by atoms with E-state index in [1.54, 1.807) is 30.3 Å². The van der Waals surface area contributed by atoms with Crippen LogP contribution in [0.1, 0.15) is 6.23 Å². The summed E-state index contributed by atoms with van der Waals surface area (Å²) >= 11 is 0. The number of aromatic nitrogens is 2. The third kappa shape index (κ3) is 4.16. The van der Waals surface area contributed by atoms with Crippen molar-refractivity contribution in [2.45, 2.75) is 24.5 Å². The normalized spacial score (nSPS) is 25.9. The Balaban J connectivity index is 2.07. The van der Waals surface area contributed by atoms with E-state index in [0.29, 0.717) is 11.4 Å². The largest absolute Gasteiger partial charge is 0.387 e. The second-order valence-corrected chi connectivity index (χ2v) is 7.44. The number of hydrogen-bond acceptors (Lipinski definition) is 6. The zero-order valence-electron chi connectivity index (χ0n) is 13.7. The fourth-order valence-corrected chi connectivity index (χ4v) is 3.24. The number of nitrogens with zero attached hydrogens (tertiary/aromatic N) is 1. The fourth-order valence-electron chi connectivity index (χ4n) is 2.84. The summed E-state index contributed by atoms with van der Waals surface area (Å²) in [6, 6.07) is 9.57. The fraction of sp³-hybridized carbons (Fsp3) is 0.250. The molecular formula is C16H17N2O8P. The molecule has 0 amide bonds. The number of benzene rings is 1. The average Bonchev–Trinajstić information content (AvgIpc) is 2.88. The van der Waals surface area contributed by atoms with Crippen molar-refractivity contribution in [3.05, 3.63) is 69.1 Å². The van der Waals surface area contributed by atoms with Gasteiger partial charge in [0.2, 0.25) is 0 Å². The van der Waals surface area contributed by atoms with Crippen molar-refractivity contribution in [3.8, 4) is 11.3 Å². The van der Waals surface area contributed by atoms with Gasteiger partial charge in [0.1, 0.15) is 18.3 Å². The minimum atomic E-state index is -4.50. The first-order valence-corrected chi connectivity index (χ1v) is 9.53. The zero-order chi connectivity index (χ0) is 19.8. The van der Waals surface area contributed by atoms with E-state index in [4.69, 9.17) is 14.5 Å². The van der Waals surface area contributed by atoms with E-state index in [1.807, 2.05) is 0 Å². The first-order chi connectivity index (χ1) is 12.7. The monoisotopic (exact) mass is 396 g/mol. The summed E-state index contributed by atoms with van der Waals surface area (Å²) in [5.41, 5.74) is -0.862. The van der Waals surface area contributed by atoms with Gasteiger partial charge in [0.05, 0.1) is 5.69 Å². The summed E-state index contributed by atoms with van der Waals surface area (Å²) in [6.07, 6.45) is -4.85. The Kier molecular flexibility index (Phi) is 5.29. The third-order valence-corrected chi connectivity index (χ3v) is 4.61. The highest BCUT2D eigenvalue weighted by Crippen LogP contribution is 2.38. The minimum Gasteiger partial charge on any atom is -0.387 e. The first-order valence-electron chi connectivity index (χ1n) is 7.85. The molecule has 1 aromatic heterocycles. The van der Waals surface area contributed by atoms with Gasteiger partial charge in [0.15, 0.2) is 6.23 Å². The highest BCUT2D eigenvalue weighted by Gasteiger charge is 2.44. The predicted molar refractivity (Wildman–Crippen MR) is 93.9 cm³/mol. The number of nitrogens with one attached hydrogen (secondary N) is 1. The quantitative estimate of drug-likeness (QED) is 0.433. The van der Waals surface area contributed by atoms with Crippen molar-refractivity contribution >= 4 is 7.60 Å². The van der Waals surface area contributed by atoms with Crippen molar-refractivity contribution < 1.29 is 29.3 Å². The molecule has 0 saturated carbocycles. The average molecular weight is 396 g/mol. The lowest BCUT2D eigenvalue weighted by Crippen LogP contribution is -2.38. The highest BCUT2D eigenvalue weighted by molar-refractivity contribution is 7.55. The van der Waals surface area contributed by atoms with Crippen molar-refractivity contribution in [2.24, 2.45) is 0 Å². The van der Waals surface area contributed by atoms with Crippen LogP contribution in [-0.4, -0.2) is 47.9 Å². The highest BCUT2D eigenvalue weighted by atomic mass is 31.2. The molecule has 27 heavy (non-hydrogen) atoms. The first kappa shape index (κ1) is 19.4. The van der Waals surface area contributed by atoms with Crippen molar-refractivity contribution in [1.29, 1.82) is 0 Å². The molecule has 10 nitrogen and oxygen atoms in total. The van der Waals surface area contributed by atoms with Gasteiger partial charge in [0.25, 0.3) is 5.56 Å². The molecule has 0 spiro atoms. The summed E-state index contributed by atoms with van der Waals surface area (Å²) in [5.74, 6) is 0.545. The number of aliphatic hydroxyl groups excluding tert-OH is 2. The second-order valence-electron chi connectivity index (χ2n) is 5.96. The number of aliphatic hydroxyl groups is 2. The van der Waals surface area contributed by atoms with E-state index in [1.165, 1.54) is 0 Å². The van der Waals surface area contributed by atoms with Crippen molar-refractivity contribution in [1.82, 2.24) is 9.55 Å². The summed E-state index contributed by atoms with van der Waals surface area (Å²) in [5, 5.41) is 20.4. The van der Waals surface area contributed by atoms with Gasteiger partial charge < -0.3 is 24.7 Å². The molecule has 1 saturated heterocycles. The van der Waals surface area contributed by atoms with E-state index in [0.717, 1.165) is 16.7 Å². The lowest BCUT2D eigenvalue weighted by Gasteiger charge is -2.21. The number of H-pyrrole nitrogens is 1. The van der Waals surface area contributed by atoms with Gasteiger partial charge >= 0.3 is 13.3 Å². The molecule has 3 rings (SSSR count). The summed E-state index contributed by atoms with van der Waals surface area (Å²) in [7, 11) is -4.50. The van der Waals surface area contributed by atoms with Gasteiger partial charge in [-0.05, 0) is 11.6 Å². The van der Waals surface area contributed by atoms with Crippen LogP contribution in [0.25, 0.3) is 11.3 Å². The molecule has 0 aliphatic carbocycles. The van der Waals surface area contributed by atoms with Crippen molar-refractivity contribution in [3.63, 3.8) is 0 Å². The van der Waals surface area contributed by atoms with Gasteiger partial charge in [-0.2, -0.15) is 0 Å². The molecule has 2 aromatic rings. The third-order valence-electron chi connectivity index (χ3n) is 4.05. The van der Waals surface area contributed by atoms with Crippen LogP contribution < -0.4 is 11.2 Å². The Morgan fingerprint density at radius 1 is 1.11 bits per heavy atom. The van der Waals surface area contributed by atoms with E-state index in [-0.39, 0.29) is 5.69 Å². The zero-order valence-corrected chi connectivity index (χ0v) is 14.6. The molecule has 0 bridgehead atoms. The Bertz CT molecular complexity index is 1010. The molecule has 11 heteroatoms. The maximum absolute atomic E-state index is 12.4. The number of rotatable bonds is 4. The smallest absolute Gasteiger partial charge is 0.348 e. The summed E-state index contributed by atoms with van der Waals surface area (Å²) in [6.45, 7) is 0. The summed E-state index contributed by atoms with van der Waals surface area (Å²) in [4.78, 5) is 44.0. The minimum absolute atomic E-state index is 0.153. The molecule has 1 aliphatic heterocycles. The van der Waals surface area contributed by atoms with Crippen LogP contribution >= 0.6 is 7.60 Å². The van der Waals surface area contributed by atoms with Gasteiger partial charge in [-0.25, -0.2) is 4.79 Å². The van der Waals surface area contributed by atoms with Gasteiger partial charge in [-0.3, -0.25) is 18.9 Å².